The van der Waals surface area contributed by atoms with Crippen LogP contribution >= 0.6 is 0 Å². The highest BCUT2D eigenvalue weighted by atomic mass is 16.5. The van der Waals surface area contributed by atoms with Crippen LogP contribution < -0.4 is 4.74 Å². The summed E-state index contributed by atoms with van der Waals surface area (Å²) in [5, 5.41) is 8.64. The van der Waals surface area contributed by atoms with Crippen LogP contribution in [-0.4, -0.2) is 20.3 Å². The molecule has 21 heavy (non-hydrogen) atoms. The number of nitrogens with zero attached hydrogens (tertiary/aromatic N) is 4. The Kier molecular flexibility index (Phi) is 2.66. The summed E-state index contributed by atoms with van der Waals surface area (Å²) in [6.07, 6.45) is 2.26. The van der Waals surface area contributed by atoms with Crippen LogP contribution in [0, 0.1) is 13.8 Å². The molecule has 3 heterocycles. The van der Waals surface area contributed by atoms with Gasteiger partial charge in [-0.05, 0) is 26.7 Å². The summed E-state index contributed by atoms with van der Waals surface area (Å²) in [7, 11) is 0. The first-order valence-electron chi connectivity index (χ1n) is 6.89. The third-order valence-electron chi connectivity index (χ3n) is 3.48. The highest BCUT2D eigenvalue weighted by molar-refractivity contribution is 5.83. The van der Waals surface area contributed by atoms with Crippen LogP contribution in [0.5, 0.6) is 5.75 Å². The van der Waals surface area contributed by atoms with E-state index in [4.69, 9.17) is 13.8 Å². The third kappa shape index (κ3) is 2.24. The summed E-state index contributed by atoms with van der Waals surface area (Å²) in [5.74, 6) is 2.38. The lowest BCUT2D eigenvalue weighted by Crippen LogP contribution is -1.99. The quantitative estimate of drug-likeness (QED) is 0.728. The van der Waals surface area contributed by atoms with Crippen molar-refractivity contribution in [3.05, 3.63) is 29.2 Å². The smallest absolute Gasteiger partial charge is 0.261 e. The minimum atomic E-state index is 0.249. The predicted molar refractivity (Wildman–Crippen MR) is 71.9 cm³/mol. The van der Waals surface area contributed by atoms with E-state index in [0.717, 1.165) is 29.6 Å². The number of hydrogen-bond donors (Lipinski definition) is 0. The molecule has 0 unspecified atom stereocenters. The fourth-order valence-electron chi connectivity index (χ4n) is 2.25. The molecular formula is C14H14N4O3. The number of pyridine rings is 1. The molecule has 0 amide bonds. The van der Waals surface area contributed by atoms with E-state index in [-0.39, 0.29) is 6.61 Å². The fourth-order valence-corrected chi connectivity index (χ4v) is 2.25. The molecule has 108 valence electrons. The van der Waals surface area contributed by atoms with Crippen molar-refractivity contribution in [3.8, 4) is 5.75 Å². The lowest BCUT2D eigenvalue weighted by molar-refractivity contribution is 0.287. The molecule has 7 nitrogen and oxygen atoms in total. The first-order chi connectivity index (χ1) is 10.2. The molecule has 0 bridgehead atoms. The second kappa shape index (κ2) is 4.54. The van der Waals surface area contributed by atoms with Crippen LogP contribution in [0.3, 0.4) is 0 Å². The van der Waals surface area contributed by atoms with Crippen molar-refractivity contribution in [2.45, 2.75) is 39.2 Å². The fraction of sp³-hybridized carbons (Fsp3) is 0.429. The summed E-state index contributed by atoms with van der Waals surface area (Å²) in [5.41, 5.74) is 2.04. The SMILES string of the molecule is Cc1cc(OCc2noc(C3CC3)n2)c2c(C)noc2n1. The first kappa shape index (κ1) is 12.3. The Bertz CT molecular complexity index is 804. The maximum atomic E-state index is 5.81. The molecule has 1 aliphatic rings. The highest BCUT2D eigenvalue weighted by Gasteiger charge is 2.29. The average Bonchev–Trinajstić information content (AvgIpc) is 3.10. The predicted octanol–water partition coefficient (Wildman–Crippen LogP) is 2.68. The standard InChI is InChI=1S/C14H14N4O3/c1-7-5-10(12-8(2)17-21-14(12)15-7)19-6-11-16-13(20-18-11)9-3-4-9/h5,9H,3-4,6H2,1-2H3. The van der Waals surface area contributed by atoms with Crippen LogP contribution in [0.15, 0.2) is 15.1 Å². The van der Waals surface area contributed by atoms with E-state index >= 15 is 0 Å². The van der Waals surface area contributed by atoms with E-state index in [1.54, 1.807) is 0 Å². The minimum Gasteiger partial charge on any atom is -0.484 e. The summed E-state index contributed by atoms with van der Waals surface area (Å²) >= 11 is 0. The molecule has 1 fully saturated rings. The number of rotatable bonds is 4. The van der Waals surface area contributed by atoms with Gasteiger partial charge >= 0.3 is 0 Å². The minimum absolute atomic E-state index is 0.249. The zero-order valence-electron chi connectivity index (χ0n) is 11.8. The number of aromatic nitrogens is 4. The van der Waals surface area contributed by atoms with E-state index in [2.05, 4.69) is 20.3 Å². The Balaban J connectivity index is 1.59. The van der Waals surface area contributed by atoms with Crippen molar-refractivity contribution in [2.75, 3.05) is 0 Å². The van der Waals surface area contributed by atoms with Gasteiger partial charge in [0.05, 0.1) is 5.69 Å². The second-order valence-corrected chi connectivity index (χ2v) is 5.32. The molecule has 0 saturated heterocycles. The Morgan fingerprint density at radius 3 is 2.86 bits per heavy atom. The maximum Gasteiger partial charge on any atom is 0.261 e. The van der Waals surface area contributed by atoms with Gasteiger partial charge in [0.2, 0.25) is 11.7 Å². The Labute approximate surface area is 120 Å². The Morgan fingerprint density at radius 1 is 1.19 bits per heavy atom. The van der Waals surface area contributed by atoms with E-state index in [1.165, 1.54) is 0 Å². The highest BCUT2D eigenvalue weighted by Crippen LogP contribution is 2.38. The second-order valence-electron chi connectivity index (χ2n) is 5.32. The van der Waals surface area contributed by atoms with Gasteiger partial charge in [-0.1, -0.05) is 10.3 Å². The van der Waals surface area contributed by atoms with Crippen LogP contribution in [0.2, 0.25) is 0 Å². The van der Waals surface area contributed by atoms with Crippen molar-refractivity contribution < 1.29 is 13.8 Å². The number of hydrogen-bond acceptors (Lipinski definition) is 7. The lowest BCUT2D eigenvalue weighted by Gasteiger charge is -2.05. The topological polar surface area (TPSA) is 87.1 Å². The molecule has 1 aliphatic carbocycles. The molecule has 0 atom stereocenters. The molecule has 4 rings (SSSR count). The number of ether oxygens (including phenoxy) is 1. The first-order valence-corrected chi connectivity index (χ1v) is 6.89. The average molecular weight is 286 g/mol. The zero-order chi connectivity index (χ0) is 14.4. The van der Waals surface area contributed by atoms with Crippen molar-refractivity contribution in [3.63, 3.8) is 0 Å². The summed E-state index contributed by atoms with van der Waals surface area (Å²) in [4.78, 5) is 8.63. The van der Waals surface area contributed by atoms with Gasteiger partial charge < -0.3 is 13.8 Å². The third-order valence-corrected chi connectivity index (χ3v) is 3.48. The van der Waals surface area contributed by atoms with Crippen molar-refractivity contribution in [1.29, 1.82) is 0 Å². The van der Waals surface area contributed by atoms with Crippen LogP contribution in [-0.2, 0) is 6.61 Å². The molecule has 0 spiro atoms. The lowest BCUT2D eigenvalue weighted by atomic mass is 10.2. The van der Waals surface area contributed by atoms with Gasteiger partial charge in [0, 0.05) is 17.7 Å². The Hall–Kier alpha value is -2.44. The van der Waals surface area contributed by atoms with Crippen LogP contribution in [0.1, 0.15) is 41.9 Å². The van der Waals surface area contributed by atoms with Gasteiger partial charge in [0.1, 0.15) is 11.1 Å². The summed E-state index contributed by atoms with van der Waals surface area (Å²) < 4.78 is 16.2. The molecule has 3 aromatic rings. The van der Waals surface area contributed by atoms with E-state index in [9.17, 15) is 0 Å². The maximum absolute atomic E-state index is 5.81. The van der Waals surface area contributed by atoms with Gasteiger partial charge in [0.15, 0.2) is 6.61 Å². The normalized spacial score (nSPS) is 14.8. The number of aryl methyl sites for hydroxylation is 2. The van der Waals surface area contributed by atoms with Crippen LogP contribution in [0.25, 0.3) is 11.1 Å². The van der Waals surface area contributed by atoms with E-state index in [0.29, 0.717) is 29.1 Å². The molecule has 3 aromatic heterocycles. The van der Waals surface area contributed by atoms with Crippen LogP contribution in [0.4, 0.5) is 0 Å². The monoisotopic (exact) mass is 286 g/mol. The van der Waals surface area contributed by atoms with Crippen molar-refractivity contribution in [1.82, 2.24) is 20.3 Å². The van der Waals surface area contributed by atoms with Crippen molar-refractivity contribution >= 4 is 11.1 Å². The Morgan fingerprint density at radius 2 is 2.05 bits per heavy atom. The van der Waals surface area contributed by atoms with Gasteiger partial charge in [-0.2, -0.15) is 4.98 Å². The molecule has 0 radical (unpaired) electrons. The van der Waals surface area contributed by atoms with Crippen molar-refractivity contribution in [2.24, 2.45) is 0 Å². The molecule has 1 saturated carbocycles. The number of fused-ring (bicyclic) bond motifs is 1. The molecule has 0 aliphatic heterocycles. The molecule has 0 N–H and O–H groups in total. The largest absolute Gasteiger partial charge is 0.484 e. The zero-order valence-corrected chi connectivity index (χ0v) is 11.8. The molecule has 7 heteroatoms. The van der Waals surface area contributed by atoms with Gasteiger partial charge in [-0.25, -0.2) is 4.98 Å². The van der Waals surface area contributed by atoms with Gasteiger partial charge in [-0.15, -0.1) is 0 Å². The van der Waals surface area contributed by atoms with Gasteiger partial charge in [0.25, 0.3) is 5.71 Å². The van der Waals surface area contributed by atoms with Gasteiger partial charge in [-0.3, -0.25) is 0 Å². The summed E-state index contributed by atoms with van der Waals surface area (Å²) in [6.45, 7) is 3.98. The van der Waals surface area contributed by atoms with E-state index < -0.39 is 0 Å². The molecule has 0 aromatic carbocycles. The van der Waals surface area contributed by atoms with E-state index in [1.807, 2.05) is 19.9 Å². The summed E-state index contributed by atoms with van der Waals surface area (Å²) in [6, 6.07) is 1.86. The molecular weight excluding hydrogens is 272 g/mol.